The van der Waals surface area contributed by atoms with E-state index in [1.165, 1.54) is 5.56 Å². The van der Waals surface area contributed by atoms with Crippen molar-refractivity contribution in [2.75, 3.05) is 0 Å². The van der Waals surface area contributed by atoms with E-state index < -0.39 is 6.04 Å². The van der Waals surface area contributed by atoms with Gasteiger partial charge in [0.25, 0.3) is 0 Å². The summed E-state index contributed by atoms with van der Waals surface area (Å²) in [6.07, 6.45) is 3.87. The quantitative estimate of drug-likeness (QED) is 0.814. The molecule has 1 heterocycles. The van der Waals surface area contributed by atoms with Gasteiger partial charge in [-0.1, -0.05) is 37.3 Å². The van der Waals surface area contributed by atoms with Crippen LogP contribution in [0.1, 0.15) is 30.6 Å². The molecule has 3 N–H and O–H groups in total. The van der Waals surface area contributed by atoms with E-state index in [1.807, 2.05) is 37.3 Å². The Hall–Kier alpha value is -2.14. The van der Waals surface area contributed by atoms with Crippen LogP contribution >= 0.6 is 0 Å². The first-order valence-electron chi connectivity index (χ1n) is 7.20. The minimum atomic E-state index is -0.522. The third-order valence-electron chi connectivity index (χ3n) is 3.29. The van der Waals surface area contributed by atoms with Crippen LogP contribution in [-0.2, 0) is 24.2 Å². The lowest BCUT2D eigenvalue weighted by atomic mass is 10.1. The Balaban J connectivity index is 1.74. The fourth-order valence-corrected chi connectivity index (χ4v) is 1.98. The number of nitrogens with two attached hydrogens (primary N) is 1. The van der Waals surface area contributed by atoms with Gasteiger partial charge in [-0.3, -0.25) is 4.79 Å². The molecule has 0 radical (unpaired) electrons. The number of amides is 1. The lowest BCUT2D eigenvalue weighted by Gasteiger charge is -2.11. The first-order valence-corrected chi connectivity index (χ1v) is 7.20. The number of carbonyl (C=O) groups is 1. The fourth-order valence-electron chi connectivity index (χ4n) is 1.98. The molecule has 0 spiro atoms. The van der Waals surface area contributed by atoms with Crippen LogP contribution in [0.5, 0.6) is 0 Å². The highest BCUT2D eigenvalue weighted by Gasteiger charge is 2.14. The van der Waals surface area contributed by atoms with Gasteiger partial charge in [-0.15, -0.1) is 0 Å². The van der Waals surface area contributed by atoms with E-state index in [1.54, 1.807) is 6.20 Å². The lowest BCUT2D eigenvalue weighted by Crippen LogP contribution is -2.40. The van der Waals surface area contributed by atoms with Crippen LogP contribution in [0.2, 0.25) is 0 Å². The Bertz CT molecular complexity index is 566. The van der Waals surface area contributed by atoms with Crippen molar-refractivity contribution in [3.63, 3.8) is 0 Å². The Morgan fingerprint density at radius 2 is 2.14 bits per heavy atom. The van der Waals surface area contributed by atoms with Crippen LogP contribution in [0.25, 0.3) is 0 Å². The summed E-state index contributed by atoms with van der Waals surface area (Å²) in [5.41, 5.74) is 7.08. The number of oxazole rings is 1. The maximum absolute atomic E-state index is 11.9. The molecule has 0 bridgehead atoms. The van der Waals surface area contributed by atoms with Crippen molar-refractivity contribution in [3.8, 4) is 0 Å². The predicted molar refractivity (Wildman–Crippen MR) is 80.5 cm³/mol. The highest BCUT2D eigenvalue weighted by atomic mass is 16.4. The molecule has 5 heteroatoms. The summed E-state index contributed by atoms with van der Waals surface area (Å²) in [7, 11) is 0. The van der Waals surface area contributed by atoms with Crippen molar-refractivity contribution in [1.29, 1.82) is 0 Å². The molecule has 0 unspecified atom stereocenters. The molecule has 5 nitrogen and oxygen atoms in total. The maximum Gasteiger partial charge on any atom is 0.237 e. The lowest BCUT2D eigenvalue weighted by molar-refractivity contribution is -0.122. The van der Waals surface area contributed by atoms with Crippen LogP contribution in [0.4, 0.5) is 0 Å². The van der Waals surface area contributed by atoms with E-state index in [-0.39, 0.29) is 12.5 Å². The van der Waals surface area contributed by atoms with E-state index in [0.717, 1.165) is 18.6 Å². The molecule has 1 aromatic heterocycles. The van der Waals surface area contributed by atoms with E-state index in [4.69, 9.17) is 10.2 Å². The van der Waals surface area contributed by atoms with Crippen molar-refractivity contribution >= 4 is 5.91 Å². The van der Waals surface area contributed by atoms with E-state index in [9.17, 15) is 4.79 Å². The third kappa shape index (κ3) is 4.72. The molecule has 0 aliphatic heterocycles. The van der Waals surface area contributed by atoms with Crippen molar-refractivity contribution < 1.29 is 9.21 Å². The van der Waals surface area contributed by atoms with Gasteiger partial charge in [0.1, 0.15) is 5.76 Å². The number of benzene rings is 1. The number of nitrogens with one attached hydrogen (secondary N) is 1. The summed E-state index contributed by atoms with van der Waals surface area (Å²) in [5, 5.41) is 2.75. The van der Waals surface area contributed by atoms with Gasteiger partial charge >= 0.3 is 0 Å². The van der Waals surface area contributed by atoms with E-state index >= 15 is 0 Å². The molecular weight excluding hydrogens is 266 g/mol. The predicted octanol–water partition coefficient (Wildman–Crippen LogP) is 1.81. The minimum absolute atomic E-state index is 0.179. The summed E-state index contributed by atoms with van der Waals surface area (Å²) in [4.78, 5) is 16.0. The van der Waals surface area contributed by atoms with Crippen LogP contribution in [0, 0.1) is 0 Å². The molecule has 2 aromatic rings. The second-order valence-corrected chi connectivity index (χ2v) is 4.92. The second-order valence-electron chi connectivity index (χ2n) is 4.92. The van der Waals surface area contributed by atoms with Gasteiger partial charge in [0.15, 0.2) is 0 Å². The van der Waals surface area contributed by atoms with Crippen LogP contribution < -0.4 is 11.1 Å². The molecule has 0 aliphatic carbocycles. The van der Waals surface area contributed by atoms with E-state index in [0.29, 0.717) is 12.3 Å². The molecule has 0 fully saturated rings. The summed E-state index contributed by atoms with van der Waals surface area (Å²) in [6, 6.07) is 9.47. The molecule has 0 saturated carbocycles. The van der Waals surface area contributed by atoms with Crippen LogP contribution in [-0.4, -0.2) is 16.9 Å². The summed E-state index contributed by atoms with van der Waals surface area (Å²) < 4.78 is 5.43. The Kier molecular flexibility index (Phi) is 5.51. The van der Waals surface area contributed by atoms with Gasteiger partial charge in [0, 0.05) is 6.42 Å². The zero-order valence-electron chi connectivity index (χ0n) is 12.2. The minimum Gasteiger partial charge on any atom is -0.444 e. The summed E-state index contributed by atoms with van der Waals surface area (Å²) in [5.74, 6) is 1.14. The maximum atomic E-state index is 11.9. The zero-order valence-corrected chi connectivity index (χ0v) is 12.2. The number of aromatic nitrogens is 1. The molecule has 1 aromatic carbocycles. The van der Waals surface area contributed by atoms with Gasteiger partial charge in [-0.05, 0) is 18.4 Å². The molecule has 1 atom stereocenters. The monoisotopic (exact) mass is 287 g/mol. The second kappa shape index (κ2) is 7.59. The molecule has 1 amide bonds. The van der Waals surface area contributed by atoms with Crippen molar-refractivity contribution in [1.82, 2.24) is 10.3 Å². The normalized spacial score (nSPS) is 12.1. The number of carbonyl (C=O) groups excluding carboxylic acids is 1. The van der Waals surface area contributed by atoms with Crippen LogP contribution in [0.15, 0.2) is 40.9 Å². The zero-order chi connectivity index (χ0) is 15.1. The number of hydrogen-bond acceptors (Lipinski definition) is 4. The van der Waals surface area contributed by atoms with Gasteiger partial charge in [0.2, 0.25) is 11.8 Å². The molecule has 112 valence electrons. The van der Waals surface area contributed by atoms with Gasteiger partial charge in [-0.25, -0.2) is 4.98 Å². The highest BCUT2D eigenvalue weighted by Crippen LogP contribution is 2.05. The van der Waals surface area contributed by atoms with Gasteiger partial charge in [-0.2, -0.15) is 0 Å². The van der Waals surface area contributed by atoms with Crippen molar-refractivity contribution in [2.24, 2.45) is 5.73 Å². The largest absolute Gasteiger partial charge is 0.444 e. The topological polar surface area (TPSA) is 81.2 Å². The molecule has 21 heavy (non-hydrogen) atoms. The van der Waals surface area contributed by atoms with Gasteiger partial charge < -0.3 is 15.5 Å². The summed E-state index contributed by atoms with van der Waals surface area (Å²) in [6.45, 7) is 2.26. The number of nitrogens with zero attached hydrogens (tertiary/aromatic N) is 1. The average Bonchev–Trinajstić information content (AvgIpc) is 2.99. The number of aryl methyl sites for hydroxylation is 2. The van der Waals surface area contributed by atoms with E-state index in [2.05, 4.69) is 10.3 Å². The third-order valence-corrected chi connectivity index (χ3v) is 3.29. The Morgan fingerprint density at radius 1 is 1.38 bits per heavy atom. The molecular formula is C16H21N3O2. The first-order chi connectivity index (χ1) is 10.2. The highest BCUT2D eigenvalue weighted by molar-refractivity contribution is 5.81. The SMILES string of the molecule is CCc1cnc(CNC(=O)[C@@H](N)CCc2ccccc2)o1. The standard InChI is InChI=1S/C16H21N3O2/c1-2-13-10-18-15(21-13)11-19-16(20)14(17)9-8-12-6-4-3-5-7-12/h3-7,10,14H,2,8-9,11,17H2,1H3,(H,19,20)/t14-/m0/s1. The molecule has 0 saturated heterocycles. The first kappa shape index (κ1) is 15.3. The average molecular weight is 287 g/mol. The van der Waals surface area contributed by atoms with Crippen molar-refractivity contribution in [3.05, 3.63) is 53.7 Å². The Labute approximate surface area is 124 Å². The van der Waals surface area contributed by atoms with Gasteiger partial charge in [0.05, 0.1) is 18.8 Å². The Morgan fingerprint density at radius 3 is 2.81 bits per heavy atom. The smallest absolute Gasteiger partial charge is 0.237 e. The van der Waals surface area contributed by atoms with Crippen molar-refractivity contribution in [2.45, 2.75) is 38.8 Å². The number of rotatable bonds is 7. The molecule has 0 aliphatic rings. The van der Waals surface area contributed by atoms with Crippen LogP contribution in [0.3, 0.4) is 0 Å². The summed E-state index contributed by atoms with van der Waals surface area (Å²) >= 11 is 0. The number of hydrogen-bond donors (Lipinski definition) is 2. The molecule has 2 rings (SSSR count). The fraction of sp³-hybridized carbons (Fsp3) is 0.375.